The molecule has 0 bridgehead atoms. The van der Waals surface area contributed by atoms with Crippen molar-refractivity contribution in [3.8, 4) is 0 Å². The van der Waals surface area contributed by atoms with Crippen LogP contribution < -0.4 is 0 Å². The van der Waals surface area contributed by atoms with E-state index in [1.807, 2.05) is 0 Å². The lowest BCUT2D eigenvalue weighted by atomic mass is 10.3. The van der Waals surface area contributed by atoms with Crippen LogP contribution >= 0.6 is 23.2 Å². The molecule has 0 fully saturated rings. The molecule has 0 radical (unpaired) electrons. The van der Waals surface area contributed by atoms with E-state index in [0.29, 0.717) is 0 Å². The van der Waals surface area contributed by atoms with E-state index in [-0.39, 0.29) is 5.38 Å². The van der Waals surface area contributed by atoms with Crippen molar-refractivity contribution < 1.29 is 9.53 Å². The second-order valence-electron chi connectivity index (χ2n) is 1.60. The summed E-state index contributed by atoms with van der Waals surface area (Å²) in [5.74, 6) is -0.487. The molecule has 0 unspecified atom stereocenters. The normalized spacial score (nSPS) is 16.4. The number of hydrogen-bond acceptors (Lipinski definition) is 2. The maximum atomic E-state index is 10.5. The number of carbonyl (C=O) groups excluding carboxylic acids is 1. The van der Waals surface area contributed by atoms with Crippen molar-refractivity contribution in [2.75, 3.05) is 7.11 Å². The Hall–Kier alpha value is 0.0500. The van der Waals surface area contributed by atoms with Gasteiger partial charge in [0.25, 0.3) is 0 Å². The summed E-state index contributed by atoms with van der Waals surface area (Å²) in [4.78, 5) is 10.5. The molecule has 0 spiro atoms. The van der Waals surface area contributed by atoms with Crippen molar-refractivity contribution in [1.82, 2.24) is 0 Å². The van der Waals surface area contributed by atoms with Crippen LogP contribution in [0.2, 0.25) is 0 Å². The van der Waals surface area contributed by atoms with Gasteiger partial charge in [0.2, 0.25) is 0 Å². The van der Waals surface area contributed by atoms with E-state index >= 15 is 0 Å². The fourth-order valence-electron chi connectivity index (χ4n) is 0.300. The van der Waals surface area contributed by atoms with Gasteiger partial charge in [0.05, 0.1) is 12.5 Å². The number of halogens is 2. The lowest BCUT2D eigenvalue weighted by Gasteiger charge is -2.07. The number of esters is 1. The number of ether oxygens (including phenoxy) is 1. The maximum Gasteiger partial charge on any atom is 0.325 e. The average molecular weight is 171 g/mol. The Morgan fingerprint density at radius 2 is 2.00 bits per heavy atom. The van der Waals surface area contributed by atoms with Crippen molar-refractivity contribution in [2.45, 2.75) is 17.7 Å². The minimum absolute atomic E-state index is 0.390. The van der Waals surface area contributed by atoms with Crippen LogP contribution in [-0.4, -0.2) is 23.8 Å². The van der Waals surface area contributed by atoms with Crippen molar-refractivity contribution in [1.29, 1.82) is 0 Å². The molecule has 2 atom stereocenters. The SMILES string of the molecule is COC(=O)[C@H](Cl)[C@@H](C)Cl. The van der Waals surface area contributed by atoms with Crippen molar-refractivity contribution in [3.05, 3.63) is 0 Å². The molecule has 0 saturated heterocycles. The van der Waals surface area contributed by atoms with Gasteiger partial charge in [0.15, 0.2) is 0 Å². The van der Waals surface area contributed by atoms with Crippen LogP contribution in [0, 0.1) is 0 Å². The van der Waals surface area contributed by atoms with Gasteiger partial charge in [-0.1, -0.05) is 0 Å². The molecule has 4 heteroatoms. The Kier molecular flexibility index (Phi) is 3.98. The van der Waals surface area contributed by atoms with Gasteiger partial charge in [0, 0.05) is 0 Å². The molecule has 0 amide bonds. The topological polar surface area (TPSA) is 26.3 Å². The van der Waals surface area contributed by atoms with Crippen LogP contribution in [0.5, 0.6) is 0 Å². The summed E-state index contributed by atoms with van der Waals surface area (Å²) in [6.45, 7) is 1.64. The zero-order chi connectivity index (χ0) is 7.44. The van der Waals surface area contributed by atoms with E-state index in [9.17, 15) is 4.79 Å². The highest BCUT2D eigenvalue weighted by Crippen LogP contribution is 2.09. The lowest BCUT2D eigenvalue weighted by Crippen LogP contribution is -2.23. The predicted octanol–water partition coefficient (Wildman–Crippen LogP) is 1.39. The monoisotopic (exact) mass is 170 g/mol. The third-order valence-electron chi connectivity index (χ3n) is 0.830. The van der Waals surface area contributed by atoms with Crippen molar-refractivity contribution in [3.63, 3.8) is 0 Å². The molecule has 54 valence electrons. The molecule has 0 saturated carbocycles. The first kappa shape index (κ1) is 9.05. The summed E-state index contributed by atoms with van der Waals surface area (Å²) in [6.07, 6.45) is 0. The van der Waals surface area contributed by atoms with Gasteiger partial charge < -0.3 is 4.74 Å². The van der Waals surface area contributed by atoms with Gasteiger partial charge in [-0.2, -0.15) is 0 Å². The molecule has 0 aliphatic carbocycles. The third-order valence-corrected chi connectivity index (χ3v) is 1.77. The van der Waals surface area contributed by atoms with Crippen LogP contribution in [-0.2, 0) is 9.53 Å². The van der Waals surface area contributed by atoms with Gasteiger partial charge in [-0.05, 0) is 6.92 Å². The number of rotatable bonds is 2. The quantitative estimate of drug-likeness (QED) is 0.463. The van der Waals surface area contributed by atoms with Gasteiger partial charge in [-0.15, -0.1) is 23.2 Å². The van der Waals surface area contributed by atoms with Crippen LogP contribution in [0.15, 0.2) is 0 Å². The fraction of sp³-hybridized carbons (Fsp3) is 0.800. The Bertz CT molecular complexity index is 103. The molecule has 0 N–H and O–H groups in total. The zero-order valence-corrected chi connectivity index (χ0v) is 6.74. The number of alkyl halides is 2. The largest absolute Gasteiger partial charge is 0.468 e. The molecular formula is C5H8Cl2O2. The summed E-state index contributed by atoms with van der Waals surface area (Å²) < 4.78 is 4.32. The Labute approximate surface area is 64.1 Å². The Balaban J connectivity index is 3.72. The van der Waals surface area contributed by atoms with Crippen LogP contribution in [0.25, 0.3) is 0 Å². The molecule has 0 aromatic heterocycles. The maximum absolute atomic E-state index is 10.5. The van der Waals surface area contributed by atoms with Gasteiger partial charge in [-0.3, -0.25) is 4.79 Å². The van der Waals surface area contributed by atoms with Gasteiger partial charge in [-0.25, -0.2) is 0 Å². The fourth-order valence-corrected chi connectivity index (χ4v) is 0.492. The van der Waals surface area contributed by atoms with Crippen molar-refractivity contribution >= 4 is 29.2 Å². The van der Waals surface area contributed by atoms with Crippen LogP contribution in [0.1, 0.15) is 6.92 Å². The van der Waals surface area contributed by atoms with E-state index in [4.69, 9.17) is 23.2 Å². The number of methoxy groups -OCH3 is 1. The Morgan fingerprint density at radius 1 is 1.56 bits per heavy atom. The first-order chi connectivity index (χ1) is 4.09. The molecular weight excluding hydrogens is 163 g/mol. The summed E-state index contributed by atoms with van der Waals surface area (Å²) in [5.41, 5.74) is 0. The molecule has 2 nitrogen and oxygen atoms in total. The van der Waals surface area contributed by atoms with E-state index in [0.717, 1.165) is 0 Å². The summed E-state index contributed by atoms with van der Waals surface area (Å²) >= 11 is 10.9. The van der Waals surface area contributed by atoms with E-state index in [1.54, 1.807) is 6.92 Å². The molecule has 0 aromatic carbocycles. The molecule has 9 heavy (non-hydrogen) atoms. The van der Waals surface area contributed by atoms with Crippen LogP contribution in [0.3, 0.4) is 0 Å². The summed E-state index contributed by atoms with van der Waals surface area (Å²) in [5, 5.41) is -1.13. The highest BCUT2D eigenvalue weighted by atomic mass is 35.5. The van der Waals surface area contributed by atoms with Crippen LogP contribution in [0.4, 0.5) is 0 Å². The molecule has 0 aromatic rings. The molecule has 0 aliphatic heterocycles. The van der Waals surface area contributed by atoms with Gasteiger partial charge in [0.1, 0.15) is 5.38 Å². The summed E-state index contributed by atoms with van der Waals surface area (Å²) in [7, 11) is 1.27. The van der Waals surface area contributed by atoms with Crippen molar-refractivity contribution in [2.24, 2.45) is 0 Å². The first-order valence-electron chi connectivity index (χ1n) is 2.45. The highest BCUT2D eigenvalue weighted by molar-refractivity contribution is 6.36. The van der Waals surface area contributed by atoms with E-state index in [1.165, 1.54) is 7.11 Å². The average Bonchev–Trinajstić information content (AvgIpc) is 1.84. The summed E-state index contributed by atoms with van der Waals surface area (Å²) in [6, 6.07) is 0. The molecule has 0 aliphatic rings. The van der Waals surface area contributed by atoms with Gasteiger partial charge >= 0.3 is 5.97 Å². The second-order valence-corrected chi connectivity index (χ2v) is 2.76. The molecule has 0 rings (SSSR count). The molecule has 0 heterocycles. The van der Waals surface area contributed by atoms with E-state index in [2.05, 4.69) is 4.74 Å². The second kappa shape index (κ2) is 3.96. The minimum atomic E-state index is -0.739. The number of hydrogen-bond donors (Lipinski definition) is 0. The standard InChI is InChI=1S/C5H8Cl2O2/c1-3(6)4(7)5(8)9-2/h3-4H,1-2H3/t3-,4-/m1/s1. The minimum Gasteiger partial charge on any atom is -0.468 e. The highest BCUT2D eigenvalue weighted by Gasteiger charge is 2.20. The Morgan fingerprint density at radius 3 is 2.11 bits per heavy atom. The lowest BCUT2D eigenvalue weighted by molar-refractivity contribution is -0.140. The first-order valence-corrected chi connectivity index (χ1v) is 3.33. The van der Waals surface area contributed by atoms with E-state index < -0.39 is 11.3 Å². The zero-order valence-electron chi connectivity index (χ0n) is 5.23. The third kappa shape index (κ3) is 2.92. The smallest absolute Gasteiger partial charge is 0.325 e. The number of carbonyl (C=O) groups is 1. The predicted molar refractivity (Wildman–Crippen MR) is 37.0 cm³/mol.